The van der Waals surface area contributed by atoms with E-state index in [1.54, 1.807) is 35.2 Å². The summed E-state index contributed by atoms with van der Waals surface area (Å²) in [6.45, 7) is -0.174. The maximum absolute atomic E-state index is 11.7. The zero-order valence-electron chi connectivity index (χ0n) is 15.9. The molecule has 0 bridgehead atoms. The van der Waals surface area contributed by atoms with E-state index in [1.807, 2.05) is 0 Å². The molecule has 3 aromatic heterocycles. The van der Waals surface area contributed by atoms with Crippen LogP contribution in [0.4, 0.5) is 5.82 Å². The molecule has 0 aliphatic heterocycles. The van der Waals surface area contributed by atoms with E-state index in [0.29, 0.717) is 22.3 Å². The van der Waals surface area contributed by atoms with Crippen LogP contribution < -0.4 is 20.4 Å². The van der Waals surface area contributed by atoms with E-state index in [1.165, 1.54) is 6.33 Å². The maximum Gasteiger partial charge on any atom is 0.279 e. The van der Waals surface area contributed by atoms with E-state index in [4.69, 9.17) is 15.4 Å². The Bertz CT molecular complexity index is 1250. The lowest BCUT2D eigenvalue weighted by Crippen LogP contribution is -2.17. The summed E-state index contributed by atoms with van der Waals surface area (Å²) in [5, 5.41) is 0.527. The van der Waals surface area contributed by atoms with Gasteiger partial charge in [0, 0.05) is 24.5 Å². The standard InChI is InChI=1S/C14H18N5O10P3/c15-13-12-10(11-3-1-2-4-16-11)7-19(14(12)18-8-17-13)5-6-27-9-30(20,21)28-32(25,26)29-31(22,23)24/h1-4,7-8H,5-6,9H2,(H,20,21)(H,25,26)(H2,15,17,18)(H2,22,23,24)/p-3. The van der Waals surface area contributed by atoms with Crippen molar-refractivity contribution in [1.29, 1.82) is 0 Å². The molecule has 15 nitrogen and oxygen atoms in total. The summed E-state index contributed by atoms with van der Waals surface area (Å²) in [7, 11) is -16.9. The fraction of sp³-hybridized carbons (Fsp3) is 0.214. The Morgan fingerprint density at radius 2 is 1.84 bits per heavy atom. The van der Waals surface area contributed by atoms with Crippen LogP contribution in [0.1, 0.15) is 0 Å². The first-order valence-electron chi connectivity index (χ1n) is 8.53. The highest BCUT2D eigenvalue weighted by Crippen LogP contribution is 2.60. The molecule has 174 valence electrons. The van der Waals surface area contributed by atoms with Crippen LogP contribution >= 0.6 is 23.2 Å². The number of nitrogens with two attached hydrogens (primary N) is 1. The molecule has 0 aliphatic rings. The summed E-state index contributed by atoms with van der Waals surface area (Å²) in [5.74, 6) is 0.207. The lowest BCUT2D eigenvalue weighted by Gasteiger charge is -2.32. The van der Waals surface area contributed by atoms with E-state index in [-0.39, 0.29) is 19.0 Å². The lowest BCUT2D eigenvalue weighted by molar-refractivity contribution is -0.243. The molecule has 0 radical (unpaired) electrons. The molecule has 3 atom stereocenters. The number of ether oxygens (including phenoxy) is 1. The van der Waals surface area contributed by atoms with Gasteiger partial charge in [-0.25, -0.2) is 14.3 Å². The molecule has 3 aromatic rings. The Labute approximate surface area is 180 Å². The SMILES string of the molecule is Nc1ncnc2c1c(-c1ccccn1)cn2CCOCP(=O)([O-])OP(=O)([O-])OP(=O)([O-])O. The second-order valence-electron chi connectivity index (χ2n) is 6.14. The summed E-state index contributed by atoms with van der Waals surface area (Å²) in [6.07, 6.45) is 3.29. The first kappa shape index (κ1) is 24.6. The van der Waals surface area contributed by atoms with Crippen molar-refractivity contribution in [3.05, 3.63) is 36.9 Å². The molecule has 0 amide bonds. The molecule has 3 N–H and O–H groups in total. The minimum atomic E-state index is -5.89. The van der Waals surface area contributed by atoms with Crippen LogP contribution in [0, 0.1) is 0 Å². The molecular formula is C14H15N5O10P3-3. The summed E-state index contributed by atoms with van der Waals surface area (Å²) in [4.78, 5) is 54.1. The number of aromatic nitrogens is 4. The number of pyridine rings is 1. The van der Waals surface area contributed by atoms with Crippen LogP contribution in [0.5, 0.6) is 0 Å². The van der Waals surface area contributed by atoms with E-state index in [0.717, 1.165) is 0 Å². The highest BCUT2D eigenvalue weighted by Gasteiger charge is 2.23. The Morgan fingerprint density at radius 1 is 1.09 bits per heavy atom. The number of nitrogens with zero attached hydrogens (tertiary/aromatic N) is 4. The van der Waals surface area contributed by atoms with Gasteiger partial charge >= 0.3 is 0 Å². The summed E-state index contributed by atoms with van der Waals surface area (Å²) >= 11 is 0. The van der Waals surface area contributed by atoms with Crippen LogP contribution in [0.15, 0.2) is 36.9 Å². The highest BCUT2D eigenvalue weighted by atomic mass is 31.3. The molecule has 32 heavy (non-hydrogen) atoms. The number of fused-ring (bicyclic) bond motifs is 1. The van der Waals surface area contributed by atoms with Gasteiger partial charge < -0.3 is 39.2 Å². The fourth-order valence-electron chi connectivity index (χ4n) is 2.69. The Kier molecular flexibility index (Phi) is 7.28. The number of nitrogen functional groups attached to an aromatic ring is 1. The van der Waals surface area contributed by atoms with Crippen LogP contribution in [0.25, 0.3) is 22.3 Å². The van der Waals surface area contributed by atoms with Gasteiger partial charge in [0.05, 0.1) is 17.7 Å². The predicted molar refractivity (Wildman–Crippen MR) is 103 cm³/mol. The lowest BCUT2D eigenvalue weighted by atomic mass is 10.1. The van der Waals surface area contributed by atoms with Gasteiger partial charge in [-0.1, -0.05) is 6.07 Å². The van der Waals surface area contributed by atoms with Crippen LogP contribution in [-0.4, -0.2) is 37.4 Å². The average molecular weight is 506 g/mol. The van der Waals surface area contributed by atoms with Crippen molar-refractivity contribution in [1.82, 2.24) is 19.5 Å². The van der Waals surface area contributed by atoms with Crippen molar-refractivity contribution >= 4 is 40.1 Å². The number of hydrogen-bond acceptors (Lipinski definition) is 13. The van der Waals surface area contributed by atoms with Crippen molar-refractivity contribution in [3.63, 3.8) is 0 Å². The summed E-state index contributed by atoms with van der Waals surface area (Å²) in [5.41, 5.74) is 7.63. The molecule has 0 aliphatic carbocycles. The zero-order valence-corrected chi connectivity index (χ0v) is 18.6. The zero-order chi connectivity index (χ0) is 23.6. The normalized spacial score (nSPS) is 17.5. The quantitative estimate of drug-likeness (QED) is 0.262. The second kappa shape index (κ2) is 9.46. The third kappa shape index (κ3) is 6.50. The molecule has 3 unspecified atom stereocenters. The van der Waals surface area contributed by atoms with Gasteiger partial charge in [-0.3, -0.25) is 18.4 Å². The third-order valence-electron chi connectivity index (χ3n) is 3.78. The van der Waals surface area contributed by atoms with Crippen LogP contribution in [-0.2, 0) is 33.6 Å². The summed E-state index contributed by atoms with van der Waals surface area (Å²) < 4.78 is 46.8. The second-order valence-corrected chi connectivity index (χ2v) is 10.8. The predicted octanol–water partition coefficient (Wildman–Crippen LogP) is -0.435. The third-order valence-corrected chi connectivity index (χ3v) is 7.70. The van der Waals surface area contributed by atoms with Crippen molar-refractivity contribution in [2.45, 2.75) is 6.54 Å². The Balaban J connectivity index is 1.69. The first-order chi connectivity index (χ1) is 14.9. The van der Waals surface area contributed by atoms with Crippen molar-refractivity contribution in [2.24, 2.45) is 0 Å². The largest absolute Gasteiger partial charge is 0.777 e. The molecule has 18 heteroatoms. The topological polar surface area (TPSA) is 238 Å². The van der Waals surface area contributed by atoms with Crippen LogP contribution in [0.3, 0.4) is 0 Å². The smallest absolute Gasteiger partial charge is 0.279 e. The molecule has 3 heterocycles. The highest BCUT2D eigenvalue weighted by molar-refractivity contribution is 7.66. The van der Waals surface area contributed by atoms with E-state index in [9.17, 15) is 28.4 Å². The van der Waals surface area contributed by atoms with Crippen molar-refractivity contribution in [2.75, 3.05) is 18.7 Å². The number of rotatable bonds is 10. The maximum atomic E-state index is 11.7. The van der Waals surface area contributed by atoms with E-state index in [2.05, 4.69) is 23.6 Å². The van der Waals surface area contributed by atoms with Gasteiger partial charge in [0.1, 0.15) is 24.1 Å². The van der Waals surface area contributed by atoms with E-state index < -0.39 is 29.6 Å². The molecule has 0 saturated carbocycles. The molecule has 0 saturated heterocycles. The molecule has 0 aromatic carbocycles. The Morgan fingerprint density at radius 3 is 2.50 bits per heavy atom. The number of phosphoric acid groups is 2. The number of hydrogen-bond donors (Lipinski definition) is 2. The van der Waals surface area contributed by atoms with Gasteiger partial charge in [-0.2, -0.15) is 0 Å². The minimum Gasteiger partial charge on any atom is -0.777 e. The average Bonchev–Trinajstić information content (AvgIpc) is 3.03. The van der Waals surface area contributed by atoms with Gasteiger partial charge in [0.2, 0.25) is 0 Å². The molecular weight excluding hydrogens is 491 g/mol. The number of anilines is 1. The monoisotopic (exact) mass is 506 g/mol. The Hall–Kier alpha value is -2.02. The van der Waals surface area contributed by atoms with Crippen LogP contribution in [0.2, 0.25) is 0 Å². The van der Waals surface area contributed by atoms with E-state index >= 15 is 0 Å². The first-order valence-corrected chi connectivity index (χ1v) is 13.2. The molecule has 0 spiro atoms. The fourth-order valence-corrected chi connectivity index (χ4v) is 5.85. The molecule has 3 rings (SSSR count). The summed E-state index contributed by atoms with van der Waals surface area (Å²) in [6, 6.07) is 5.27. The van der Waals surface area contributed by atoms with Gasteiger partial charge in [-0.15, -0.1) is 0 Å². The minimum absolute atomic E-state index is 0.0672. The van der Waals surface area contributed by atoms with Crippen molar-refractivity contribution in [3.8, 4) is 11.3 Å². The van der Waals surface area contributed by atoms with Gasteiger partial charge in [0.15, 0.2) is 7.60 Å². The van der Waals surface area contributed by atoms with Gasteiger partial charge in [0.25, 0.3) is 15.6 Å². The molecule has 0 fully saturated rings. The van der Waals surface area contributed by atoms with Crippen molar-refractivity contribution < 1.29 is 46.6 Å². The van der Waals surface area contributed by atoms with Gasteiger partial charge in [-0.05, 0) is 12.1 Å².